The summed E-state index contributed by atoms with van der Waals surface area (Å²) in [4.78, 5) is 30.2. The van der Waals surface area contributed by atoms with Crippen LogP contribution in [-0.2, 0) is 19.4 Å². The van der Waals surface area contributed by atoms with Crippen LogP contribution in [0.5, 0.6) is 0 Å². The van der Waals surface area contributed by atoms with Crippen LogP contribution in [0.3, 0.4) is 0 Å². The fourth-order valence-corrected chi connectivity index (χ4v) is 0.628. The quantitative estimate of drug-likeness (QED) is 0.248. The molecule has 0 aliphatic heterocycles. The first-order chi connectivity index (χ1) is 7.70. The summed E-state index contributed by atoms with van der Waals surface area (Å²) in [5.41, 5.74) is 0. The monoisotopic (exact) mass is 246 g/mol. The third-order valence-corrected chi connectivity index (χ3v) is 1.28. The van der Waals surface area contributed by atoms with Crippen molar-refractivity contribution >= 4 is 41.5 Å². The van der Waals surface area contributed by atoms with Crippen molar-refractivity contribution in [3.05, 3.63) is 48.6 Å². The molecule has 0 rings (SSSR count). The first-order valence-electron chi connectivity index (χ1n) is 4.72. The second-order valence-electron chi connectivity index (χ2n) is 2.57. The topological polar surface area (TPSA) is 52.6 Å². The van der Waals surface area contributed by atoms with E-state index in [9.17, 15) is 9.59 Å². The molecule has 0 saturated carbocycles. The molecule has 0 heterocycles. The Morgan fingerprint density at radius 2 is 1.12 bits per heavy atom. The van der Waals surface area contributed by atoms with Crippen LogP contribution >= 0.6 is 0 Å². The van der Waals surface area contributed by atoms with E-state index in [1.54, 1.807) is 24.3 Å². The number of carbonyl (C=O) groups excluding carboxylic acids is 2. The van der Waals surface area contributed by atoms with Crippen LogP contribution in [0.1, 0.15) is 13.8 Å². The second kappa shape index (κ2) is 13.0. The van der Waals surface area contributed by atoms with Gasteiger partial charge in [-0.25, -0.2) is 19.4 Å². The summed E-state index contributed by atoms with van der Waals surface area (Å²) >= 11 is 0. The number of allylic oxidation sites excluding steroid dienone is 6. The number of carbonyl (C=O) groups is 2. The normalized spacial score (nSPS) is 11.2. The van der Waals surface area contributed by atoms with Gasteiger partial charge in [-0.15, -0.1) is 0 Å². The standard InChI is InChI=1S/C12H14O4.Na.H/c1-3-5-7-9-11(13)15-16-12(14)10-8-6-4-2;;/h3-10H,1-2H3;;/b5-3+,6-4+,9-7+,10-8+;;. The van der Waals surface area contributed by atoms with Gasteiger partial charge in [0.15, 0.2) is 0 Å². The predicted octanol–water partition coefficient (Wildman–Crippen LogP) is 1.60. The Bertz CT molecular complexity index is 306. The van der Waals surface area contributed by atoms with Crippen LogP contribution in [0, 0.1) is 0 Å². The maximum absolute atomic E-state index is 10.9. The van der Waals surface area contributed by atoms with Crippen molar-refractivity contribution < 1.29 is 19.4 Å². The van der Waals surface area contributed by atoms with Crippen LogP contribution in [0.25, 0.3) is 0 Å². The average molecular weight is 246 g/mol. The molecule has 0 aromatic carbocycles. The van der Waals surface area contributed by atoms with Gasteiger partial charge < -0.3 is 0 Å². The molecule has 0 spiro atoms. The minimum absolute atomic E-state index is 0. The van der Waals surface area contributed by atoms with E-state index in [4.69, 9.17) is 0 Å². The van der Waals surface area contributed by atoms with Crippen molar-refractivity contribution in [3.8, 4) is 0 Å². The molecule has 0 N–H and O–H groups in total. The Morgan fingerprint density at radius 1 is 0.765 bits per heavy atom. The molecule has 0 aromatic heterocycles. The third kappa shape index (κ3) is 12.8. The number of hydrogen-bond acceptors (Lipinski definition) is 4. The van der Waals surface area contributed by atoms with Gasteiger partial charge in [-0.05, 0) is 13.8 Å². The molecular formula is C12H15NaO4. The molecule has 0 radical (unpaired) electrons. The van der Waals surface area contributed by atoms with E-state index in [1.165, 1.54) is 12.2 Å². The average Bonchev–Trinajstić information content (AvgIpc) is 2.27. The summed E-state index contributed by atoms with van der Waals surface area (Å²) in [5.74, 6) is -1.49. The third-order valence-electron chi connectivity index (χ3n) is 1.28. The predicted molar refractivity (Wildman–Crippen MR) is 67.2 cm³/mol. The molecule has 0 aromatic rings. The molecule has 0 fully saturated rings. The summed E-state index contributed by atoms with van der Waals surface area (Å²) < 4.78 is 0. The maximum atomic E-state index is 10.9. The number of rotatable bonds is 4. The van der Waals surface area contributed by atoms with Crippen molar-refractivity contribution in [3.63, 3.8) is 0 Å². The van der Waals surface area contributed by atoms with Gasteiger partial charge in [-0.1, -0.05) is 36.5 Å². The Kier molecular flexibility index (Phi) is 13.9. The first-order valence-corrected chi connectivity index (χ1v) is 4.72. The van der Waals surface area contributed by atoms with Gasteiger partial charge in [0.2, 0.25) is 0 Å². The van der Waals surface area contributed by atoms with Crippen LogP contribution < -0.4 is 0 Å². The Hall–Kier alpha value is -1.10. The first kappa shape index (κ1) is 18.3. The van der Waals surface area contributed by atoms with Crippen molar-refractivity contribution in [2.24, 2.45) is 0 Å². The van der Waals surface area contributed by atoms with Gasteiger partial charge in [-0.2, -0.15) is 0 Å². The van der Waals surface area contributed by atoms with E-state index in [0.29, 0.717) is 0 Å². The Labute approximate surface area is 123 Å². The van der Waals surface area contributed by atoms with Crippen LogP contribution in [0.4, 0.5) is 0 Å². The summed E-state index contributed by atoms with van der Waals surface area (Å²) in [6.45, 7) is 3.61. The molecule has 17 heavy (non-hydrogen) atoms. The molecule has 88 valence electrons. The fraction of sp³-hybridized carbons (Fsp3) is 0.167. The molecule has 0 bridgehead atoms. The fourth-order valence-electron chi connectivity index (χ4n) is 0.628. The van der Waals surface area contributed by atoms with Gasteiger partial charge in [-0.3, -0.25) is 0 Å². The molecular weight excluding hydrogens is 231 g/mol. The molecule has 0 aliphatic carbocycles. The van der Waals surface area contributed by atoms with E-state index >= 15 is 0 Å². The molecule has 4 nitrogen and oxygen atoms in total. The van der Waals surface area contributed by atoms with E-state index < -0.39 is 11.9 Å². The summed E-state index contributed by atoms with van der Waals surface area (Å²) in [6, 6.07) is 0. The number of hydrogen-bond donors (Lipinski definition) is 0. The second-order valence-corrected chi connectivity index (χ2v) is 2.57. The van der Waals surface area contributed by atoms with Gasteiger partial charge in [0.05, 0.1) is 0 Å². The van der Waals surface area contributed by atoms with Crippen molar-refractivity contribution in [1.82, 2.24) is 0 Å². The summed E-state index contributed by atoms with van der Waals surface area (Å²) in [5, 5.41) is 0. The minimum atomic E-state index is -0.745. The molecule has 0 saturated heterocycles. The zero-order valence-corrected chi connectivity index (χ0v) is 9.25. The Balaban J connectivity index is 0. The van der Waals surface area contributed by atoms with E-state index in [2.05, 4.69) is 9.78 Å². The molecule has 0 atom stereocenters. The van der Waals surface area contributed by atoms with Crippen molar-refractivity contribution in [1.29, 1.82) is 0 Å². The summed E-state index contributed by atoms with van der Waals surface area (Å²) in [7, 11) is 0. The van der Waals surface area contributed by atoms with Gasteiger partial charge in [0.1, 0.15) is 0 Å². The SMILES string of the molecule is C/C=C/C=C/C(=O)OOC(=O)/C=C/C=C/C.[NaH]. The van der Waals surface area contributed by atoms with Crippen LogP contribution in [0.15, 0.2) is 48.6 Å². The van der Waals surface area contributed by atoms with Gasteiger partial charge >= 0.3 is 41.5 Å². The zero-order valence-electron chi connectivity index (χ0n) is 9.25. The van der Waals surface area contributed by atoms with Crippen LogP contribution in [0.2, 0.25) is 0 Å². The van der Waals surface area contributed by atoms with Gasteiger partial charge in [0.25, 0.3) is 0 Å². The van der Waals surface area contributed by atoms with E-state index in [0.717, 1.165) is 12.2 Å². The van der Waals surface area contributed by atoms with Crippen molar-refractivity contribution in [2.45, 2.75) is 13.8 Å². The van der Waals surface area contributed by atoms with Crippen molar-refractivity contribution in [2.75, 3.05) is 0 Å². The zero-order chi connectivity index (χ0) is 12.2. The molecule has 0 aliphatic rings. The van der Waals surface area contributed by atoms with Gasteiger partial charge in [0, 0.05) is 12.2 Å². The Morgan fingerprint density at radius 3 is 1.41 bits per heavy atom. The molecule has 0 amide bonds. The molecule has 0 unspecified atom stereocenters. The van der Waals surface area contributed by atoms with E-state index in [1.807, 2.05) is 13.8 Å². The van der Waals surface area contributed by atoms with E-state index in [-0.39, 0.29) is 29.6 Å². The van der Waals surface area contributed by atoms with Crippen LogP contribution in [-0.4, -0.2) is 41.5 Å². The molecule has 5 heteroatoms. The summed E-state index contributed by atoms with van der Waals surface area (Å²) in [6.07, 6.45) is 12.0.